The first kappa shape index (κ1) is 21.9. The molecule has 4 nitrogen and oxygen atoms in total. The van der Waals surface area contributed by atoms with Crippen molar-refractivity contribution in [2.75, 3.05) is 13.2 Å². The first-order valence-electron chi connectivity index (χ1n) is 8.08. The van der Waals surface area contributed by atoms with Crippen molar-refractivity contribution in [3.8, 4) is 0 Å². The van der Waals surface area contributed by atoms with Gasteiger partial charge in [0.2, 0.25) is 5.91 Å². The average Bonchev–Trinajstić information content (AvgIpc) is 2.66. The Morgan fingerprint density at radius 3 is 2.25 bits per heavy atom. The van der Waals surface area contributed by atoms with Crippen LogP contribution in [0.4, 0.5) is 17.6 Å². The Hall–Kier alpha value is -2.36. The number of aliphatic hydroxyl groups excluding tert-OH is 2. The van der Waals surface area contributed by atoms with Gasteiger partial charge >= 0.3 is 6.18 Å². The predicted octanol–water partition coefficient (Wildman–Crippen LogP) is 3.48. The third-order valence-electron chi connectivity index (χ3n) is 3.58. The second kappa shape index (κ2) is 9.72. The van der Waals surface area contributed by atoms with E-state index in [0.29, 0.717) is 9.79 Å². The number of aliphatic hydroxyl groups is 2. The van der Waals surface area contributed by atoms with E-state index in [1.165, 1.54) is 36.4 Å². The van der Waals surface area contributed by atoms with Crippen LogP contribution in [0, 0.1) is 5.82 Å². The maximum absolute atomic E-state index is 13.4. The predicted molar refractivity (Wildman–Crippen MR) is 97.1 cm³/mol. The third kappa shape index (κ3) is 6.36. The lowest BCUT2D eigenvalue weighted by atomic mass is 10.1. The summed E-state index contributed by atoms with van der Waals surface area (Å²) in [4.78, 5) is 12.6. The Labute approximate surface area is 162 Å². The molecule has 0 radical (unpaired) electrons. The van der Waals surface area contributed by atoms with Gasteiger partial charge in [-0.15, -0.1) is 0 Å². The van der Waals surface area contributed by atoms with Crippen LogP contribution in [0.5, 0.6) is 0 Å². The molecule has 0 aromatic heterocycles. The van der Waals surface area contributed by atoms with Crippen LogP contribution in [-0.2, 0) is 11.0 Å². The molecule has 2 aromatic carbocycles. The zero-order valence-corrected chi connectivity index (χ0v) is 15.2. The van der Waals surface area contributed by atoms with Crippen LogP contribution in [0.25, 0.3) is 6.08 Å². The number of benzene rings is 2. The number of carbonyl (C=O) groups excluding carboxylic acids is 1. The van der Waals surface area contributed by atoms with Crippen LogP contribution >= 0.6 is 11.8 Å². The molecular formula is C19H17F4NO3S. The van der Waals surface area contributed by atoms with Crippen molar-refractivity contribution in [2.45, 2.75) is 22.0 Å². The fourth-order valence-electron chi connectivity index (χ4n) is 2.19. The minimum absolute atomic E-state index is 0.212. The minimum Gasteiger partial charge on any atom is -0.394 e. The van der Waals surface area contributed by atoms with Crippen molar-refractivity contribution in [1.82, 2.24) is 5.32 Å². The van der Waals surface area contributed by atoms with E-state index in [9.17, 15) is 22.4 Å². The molecular weight excluding hydrogens is 398 g/mol. The average molecular weight is 415 g/mol. The van der Waals surface area contributed by atoms with E-state index in [2.05, 4.69) is 5.32 Å². The van der Waals surface area contributed by atoms with E-state index in [-0.39, 0.29) is 5.56 Å². The fraction of sp³-hybridized carbons (Fsp3) is 0.211. The first-order valence-corrected chi connectivity index (χ1v) is 8.89. The van der Waals surface area contributed by atoms with Crippen LogP contribution in [0.3, 0.4) is 0 Å². The minimum atomic E-state index is -4.64. The molecule has 9 heteroatoms. The topological polar surface area (TPSA) is 69.6 Å². The number of carbonyl (C=O) groups is 1. The summed E-state index contributed by atoms with van der Waals surface area (Å²) in [6, 6.07) is 8.11. The van der Waals surface area contributed by atoms with Gasteiger partial charge in [0.1, 0.15) is 5.82 Å². The zero-order valence-electron chi connectivity index (χ0n) is 14.4. The second-order valence-electron chi connectivity index (χ2n) is 5.71. The summed E-state index contributed by atoms with van der Waals surface area (Å²) in [5, 5.41) is 20.1. The van der Waals surface area contributed by atoms with Gasteiger partial charge < -0.3 is 15.5 Å². The van der Waals surface area contributed by atoms with Gasteiger partial charge in [-0.3, -0.25) is 4.79 Å². The van der Waals surface area contributed by atoms with Crippen LogP contribution in [0.15, 0.2) is 58.3 Å². The summed E-state index contributed by atoms with van der Waals surface area (Å²) < 4.78 is 53.2. The summed E-state index contributed by atoms with van der Waals surface area (Å²) in [6.07, 6.45) is -2.74. The van der Waals surface area contributed by atoms with Crippen molar-refractivity contribution in [3.05, 3.63) is 65.5 Å². The lowest BCUT2D eigenvalue weighted by molar-refractivity contribution is -0.137. The van der Waals surface area contributed by atoms with Crippen molar-refractivity contribution in [1.29, 1.82) is 0 Å². The molecule has 1 amide bonds. The molecule has 0 atom stereocenters. The Bertz CT molecular complexity index is 834. The first-order chi connectivity index (χ1) is 13.2. The summed E-state index contributed by atoms with van der Waals surface area (Å²) in [5.74, 6) is -1.19. The Morgan fingerprint density at radius 2 is 1.68 bits per heavy atom. The van der Waals surface area contributed by atoms with E-state index >= 15 is 0 Å². The second-order valence-corrected chi connectivity index (χ2v) is 6.85. The van der Waals surface area contributed by atoms with Crippen molar-refractivity contribution >= 4 is 23.7 Å². The van der Waals surface area contributed by atoms with Crippen LogP contribution < -0.4 is 5.32 Å². The molecule has 0 saturated carbocycles. The lowest BCUT2D eigenvalue weighted by Crippen LogP contribution is -2.39. The van der Waals surface area contributed by atoms with Gasteiger partial charge in [-0.05, 0) is 48.0 Å². The number of alkyl halides is 3. The molecule has 0 bridgehead atoms. The van der Waals surface area contributed by atoms with E-state index in [4.69, 9.17) is 10.2 Å². The molecule has 0 aliphatic rings. The van der Waals surface area contributed by atoms with Gasteiger partial charge in [0.25, 0.3) is 0 Å². The highest BCUT2D eigenvalue weighted by Gasteiger charge is 2.33. The maximum atomic E-state index is 13.4. The molecule has 0 spiro atoms. The van der Waals surface area contributed by atoms with E-state index in [0.717, 1.165) is 30.0 Å². The highest BCUT2D eigenvalue weighted by atomic mass is 32.2. The number of rotatable bonds is 7. The zero-order chi connectivity index (χ0) is 20.7. The summed E-state index contributed by atoms with van der Waals surface area (Å²) in [6.45, 7) is -1.00. The Balaban J connectivity index is 2.23. The molecule has 2 rings (SSSR count). The molecule has 3 N–H and O–H groups in total. The largest absolute Gasteiger partial charge is 0.417 e. The number of amides is 1. The van der Waals surface area contributed by atoms with Crippen LogP contribution in [-0.4, -0.2) is 35.4 Å². The fourth-order valence-corrected chi connectivity index (χ4v) is 3.05. The van der Waals surface area contributed by atoms with E-state index < -0.39 is 42.7 Å². The standard InChI is InChI=1S/C19H17F4NO3S/c20-13-3-6-15(7-4-13)28-16-5-1-12(17(9-16)19(21,22)23)2-8-18(27)24-14(10-25)11-26/h1-9,14,25-26H,10-11H2,(H,24,27). The molecule has 28 heavy (non-hydrogen) atoms. The quantitative estimate of drug-likeness (QED) is 0.479. The Kier molecular flexibility index (Phi) is 7.61. The van der Waals surface area contributed by atoms with E-state index in [1.54, 1.807) is 0 Å². The highest BCUT2D eigenvalue weighted by molar-refractivity contribution is 7.99. The summed E-state index contributed by atoms with van der Waals surface area (Å²) in [7, 11) is 0. The Morgan fingerprint density at radius 1 is 1.07 bits per heavy atom. The number of nitrogens with one attached hydrogen (secondary N) is 1. The molecule has 0 saturated heterocycles. The molecule has 150 valence electrons. The van der Waals surface area contributed by atoms with Gasteiger partial charge in [-0.25, -0.2) is 4.39 Å². The van der Waals surface area contributed by atoms with E-state index in [1.807, 2.05) is 0 Å². The number of hydrogen-bond donors (Lipinski definition) is 3. The van der Waals surface area contributed by atoms with Gasteiger partial charge in [0.15, 0.2) is 0 Å². The normalized spacial score (nSPS) is 12.0. The van der Waals surface area contributed by atoms with Gasteiger partial charge in [0.05, 0.1) is 24.8 Å². The van der Waals surface area contributed by atoms with Crippen LogP contribution in [0.1, 0.15) is 11.1 Å². The molecule has 0 aliphatic heterocycles. The van der Waals surface area contributed by atoms with Crippen molar-refractivity contribution in [2.24, 2.45) is 0 Å². The number of halogens is 4. The SMILES string of the molecule is O=C(C=Cc1ccc(Sc2ccc(F)cc2)cc1C(F)(F)F)NC(CO)CO. The van der Waals surface area contributed by atoms with Gasteiger partial charge in [-0.2, -0.15) is 13.2 Å². The lowest BCUT2D eigenvalue weighted by Gasteiger charge is -2.13. The molecule has 2 aromatic rings. The molecule has 0 fully saturated rings. The molecule has 0 unspecified atom stereocenters. The summed E-state index contributed by atoms with van der Waals surface area (Å²) in [5.41, 5.74) is -1.14. The van der Waals surface area contributed by atoms with Crippen LogP contribution in [0.2, 0.25) is 0 Å². The van der Waals surface area contributed by atoms with Crippen molar-refractivity contribution < 1.29 is 32.6 Å². The summed E-state index contributed by atoms with van der Waals surface area (Å²) >= 11 is 1.05. The van der Waals surface area contributed by atoms with Gasteiger partial charge in [0, 0.05) is 15.9 Å². The molecule has 0 aliphatic carbocycles. The number of hydrogen-bond acceptors (Lipinski definition) is 4. The third-order valence-corrected chi connectivity index (χ3v) is 4.58. The molecule has 0 heterocycles. The smallest absolute Gasteiger partial charge is 0.394 e. The van der Waals surface area contributed by atoms with Gasteiger partial charge in [-0.1, -0.05) is 17.8 Å². The maximum Gasteiger partial charge on any atom is 0.417 e. The highest BCUT2D eigenvalue weighted by Crippen LogP contribution is 2.37. The van der Waals surface area contributed by atoms with Crippen molar-refractivity contribution in [3.63, 3.8) is 0 Å². The monoisotopic (exact) mass is 415 g/mol.